The normalized spacial score (nSPS) is 24.5. The molecule has 2 aliphatic rings. The predicted octanol–water partition coefficient (Wildman–Crippen LogP) is 1.69. The maximum Gasteiger partial charge on any atom is 0.319 e. The second-order valence-corrected chi connectivity index (χ2v) is 5.68. The van der Waals surface area contributed by atoms with Crippen LogP contribution in [0.1, 0.15) is 19.8 Å². The van der Waals surface area contributed by atoms with Crippen molar-refractivity contribution in [2.75, 3.05) is 46.4 Å². The number of esters is 1. The second-order valence-electron chi connectivity index (χ2n) is 5.68. The molecule has 0 spiro atoms. The van der Waals surface area contributed by atoms with E-state index in [-0.39, 0.29) is 5.97 Å². The number of piperazine rings is 1. The van der Waals surface area contributed by atoms with E-state index in [9.17, 15) is 4.79 Å². The Kier molecular flexibility index (Phi) is 5.80. The number of hydrogen-bond donors (Lipinski definition) is 0. The van der Waals surface area contributed by atoms with Crippen LogP contribution < -0.4 is 0 Å². The summed E-state index contributed by atoms with van der Waals surface area (Å²) in [6.45, 7) is 7.66. The van der Waals surface area contributed by atoms with Crippen molar-refractivity contribution >= 4 is 5.97 Å². The molecule has 4 nitrogen and oxygen atoms in total. The highest BCUT2D eigenvalue weighted by molar-refractivity contribution is 5.71. The minimum absolute atomic E-state index is 0.137. The fraction of sp³-hybridized carbons (Fsp3) is 0.688. The number of allylic oxidation sites excluding steroid dienone is 2. The molecule has 0 aromatic carbocycles. The number of rotatable bonds is 5. The lowest BCUT2D eigenvalue weighted by Gasteiger charge is -2.34. The Hall–Kier alpha value is -1.13. The molecule has 4 heteroatoms. The highest BCUT2D eigenvalue weighted by Gasteiger charge is 2.20. The van der Waals surface area contributed by atoms with Crippen LogP contribution in [0.3, 0.4) is 0 Å². The molecule has 1 atom stereocenters. The molecule has 2 rings (SSSR count). The molecule has 0 aromatic heterocycles. The van der Waals surface area contributed by atoms with Crippen LogP contribution in [0, 0.1) is 5.92 Å². The van der Waals surface area contributed by atoms with Crippen LogP contribution in [0.15, 0.2) is 23.8 Å². The third kappa shape index (κ3) is 4.46. The summed E-state index contributed by atoms with van der Waals surface area (Å²) in [5.74, 6) is 0.581. The summed E-state index contributed by atoms with van der Waals surface area (Å²) in [6, 6.07) is 0. The highest BCUT2D eigenvalue weighted by Crippen LogP contribution is 2.20. The molecule has 0 bridgehead atoms. The Morgan fingerprint density at radius 2 is 2.00 bits per heavy atom. The molecular weight excluding hydrogens is 252 g/mol. The summed E-state index contributed by atoms with van der Waals surface area (Å²) in [4.78, 5) is 15.9. The summed E-state index contributed by atoms with van der Waals surface area (Å²) >= 11 is 0. The van der Waals surface area contributed by atoms with Gasteiger partial charge in [0.15, 0.2) is 0 Å². The number of nitrogens with zero attached hydrogens (tertiary/aromatic N) is 2. The van der Waals surface area contributed by atoms with Crippen molar-refractivity contribution in [3.8, 4) is 0 Å². The van der Waals surface area contributed by atoms with Gasteiger partial charge in [0.1, 0.15) is 0 Å². The number of carbonyl (C=O) groups is 1. The molecule has 112 valence electrons. The molecule has 0 aromatic rings. The standard InChI is InChI=1S/C16H26N2O2/c1-3-14-5-4-6-15(11-14)12-17-7-9-18(10-8-17)13-16(19)20-2/h4,6,11,14H,3,5,7-10,12-13H2,1-2H3. The molecule has 0 N–H and O–H groups in total. The molecule has 0 radical (unpaired) electrons. The lowest BCUT2D eigenvalue weighted by Crippen LogP contribution is -2.48. The first-order valence-electron chi connectivity index (χ1n) is 7.60. The van der Waals surface area contributed by atoms with Crippen molar-refractivity contribution in [1.82, 2.24) is 9.80 Å². The van der Waals surface area contributed by atoms with Crippen molar-refractivity contribution < 1.29 is 9.53 Å². The van der Waals surface area contributed by atoms with Crippen LogP contribution in [-0.4, -0.2) is 62.1 Å². The third-order valence-corrected chi connectivity index (χ3v) is 4.20. The van der Waals surface area contributed by atoms with Gasteiger partial charge in [0.25, 0.3) is 0 Å². The van der Waals surface area contributed by atoms with Gasteiger partial charge in [0, 0.05) is 32.7 Å². The average molecular weight is 278 g/mol. The van der Waals surface area contributed by atoms with Gasteiger partial charge in [-0.2, -0.15) is 0 Å². The van der Waals surface area contributed by atoms with E-state index in [1.165, 1.54) is 25.5 Å². The predicted molar refractivity (Wildman–Crippen MR) is 80.5 cm³/mol. The van der Waals surface area contributed by atoms with E-state index < -0.39 is 0 Å². The minimum Gasteiger partial charge on any atom is -0.468 e. The zero-order valence-corrected chi connectivity index (χ0v) is 12.7. The van der Waals surface area contributed by atoms with Gasteiger partial charge in [0.05, 0.1) is 13.7 Å². The van der Waals surface area contributed by atoms with E-state index in [0.717, 1.165) is 38.6 Å². The van der Waals surface area contributed by atoms with Crippen LogP contribution in [0.2, 0.25) is 0 Å². The Morgan fingerprint density at radius 3 is 2.65 bits per heavy atom. The Labute approximate surface area is 122 Å². The summed E-state index contributed by atoms with van der Waals surface area (Å²) in [5, 5.41) is 0. The Balaban J connectivity index is 1.75. The van der Waals surface area contributed by atoms with E-state index in [2.05, 4.69) is 35.0 Å². The molecule has 1 fully saturated rings. The van der Waals surface area contributed by atoms with Gasteiger partial charge in [0.2, 0.25) is 0 Å². The molecule has 20 heavy (non-hydrogen) atoms. The lowest BCUT2D eigenvalue weighted by atomic mass is 9.94. The maximum absolute atomic E-state index is 11.3. The Bertz CT molecular complexity index is 382. The van der Waals surface area contributed by atoms with E-state index in [0.29, 0.717) is 6.54 Å². The summed E-state index contributed by atoms with van der Waals surface area (Å²) in [5.41, 5.74) is 1.45. The number of ether oxygens (including phenoxy) is 1. The lowest BCUT2D eigenvalue weighted by molar-refractivity contribution is -0.142. The van der Waals surface area contributed by atoms with E-state index >= 15 is 0 Å². The van der Waals surface area contributed by atoms with Crippen molar-refractivity contribution in [3.05, 3.63) is 23.8 Å². The van der Waals surface area contributed by atoms with E-state index in [4.69, 9.17) is 4.74 Å². The molecule has 1 heterocycles. The minimum atomic E-state index is -0.137. The molecule has 0 saturated carbocycles. The maximum atomic E-state index is 11.3. The quantitative estimate of drug-likeness (QED) is 0.717. The van der Waals surface area contributed by atoms with Gasteiger partial charge in [-0.3, -0.25) is 14.6 Å². The average Bonchev–Trinajstić information content (AvgIpc) is 2.49. The van der Waals surface area contributed by atoms with Gasteiger partial charge in [-0.05, 0) is 24.3 Å². The van der Waals surface area contributed by atoms with Crippen LogP contribution in [0.4, 0.5) is 0 Å². The number of methoxy groups -OCH3 is 1. The fourth-order valence-electron chi connectivity index (χ4n) is 2.82. The summed E-state index contributed by atoms with van der Waals surface area (Å²) < 4.78 is 4.71. The van der Waals surface area contributed by atoms with E-state index in [1.54, 1.807) is 0 Å². The molecule has 1 saturated heterocycles. The monoisotopic (exact) mass is 278 g/mol. The molecule has 1 unspecified atom stereocenters. The SMILES string of the molecule is CCC1C=C(CN2CCN(CC(=O)OC)CC2)C=CC1. The van der Waals surface area contributed by atoms with Gasteiger partial charge >= 0.3 is 5.97 Å². The van der Waals surface area contributed by atoms with Gasteiger partial charge in [-0.15, -0.1) is 0 Å². The van der Waals surface area contributed by atoms with Gasteiger partial charge in [-0.25, -0.2) is 0 Å². The first kappa shape index (κ1) is 15.3. The fourth-order valence-corrected chi connectivity index (χ4v) is 2.82. The first-order valence-corrected chi connectivity index (χ1v) is 7.60. The zero-order valence-electron chi connectivity index (χ0n) is 12.7. The number of hydrogen-bond acceptors (Lipinski definition) is 4. The first-order chi connectivity index (χ1) is 9.71. The molecule has 1 aliphatic carbocycles. The van der Waals surface area contributed by atoms with E-state index in [1.807, 2.05) is 0 Å². The smallest absolute Gasteiger partial charge is 0.319 e. The second kappa shape index (κ2) is 7.60. The topological polar surface area (TPSA) is 32.8 Å². The van der Waals surface area contributed by atoms with Crippen LogP contribution in [0.25, 0.3) is 0 Å². The molecule has 0 amide bonds. The van der Waals surface area contributed by atoms with Gasteiger partial charge < -0.3 is 4.74 Å². The zero-order chi connectivity index (χ0) is 14.4. The highest BCUT2D eigenvalue weighted by atomic mass is 16.5. The third-order valence-electron chi connectivity index (χ3n) is 4.20. The molecular formula is C16H26N2O2. The van der Waals surface area contributed by atoms with Crippen LogP contribution >= 0.6 is 0 Å². The largest absolute Gasteiger partial charge is 0.468 e. The summed E-state index contributed by atoms with van der Waals surface area (Å²) in [7, 11) is 1.45. The van der Waals surface area contributed by atoms with Crippen molar-refractivity contribution in [1.29, 1.82) is 0 Å². The van der Waals surface area contributed by atoms with Crippen molar-refractivity contribution in [2.45, 2.75) is 19.8 Å². The van der Waals surface area contributed by atoms with Crippen LogP contribution in [0.5, 0.6) is 0 Å². The number of carbonyl (C=O) groups excluding carboxylic acids is 1. The molecule has 1 aliphatic heterocycles. The van der Waals surface area contributed by atoms with Crippen molar-refractivity contribution in [3.63, 3.8) is 0 Å². The van der Waals surface area contributed by atoms with Gasteiger partial charge in [-0.1, -0.05) is 25.2 Å². The van der Waals surface area contributed by atoms with Crippen LogP contribution in [-0.2, 0) is 9.53 Å². The van der Waals surface area contributed by atoms with Crippen molar-refractivity contribution in [2.24, 2.45) is 5.92 Å². The summed E-state index contributed by atoms with van der Waals surface area (Å²) in [6.07, 6.45) is 9.42. The Morgan fingerprint density at radius 1 is 1.30 bits per heavy atom.